The lowest BCUT2D eigenvalue weighted by atomic mass is 9.45. The molecule has 1 aliphatic carbocycles. The van der Waals surface area contributed by atoms with Crippen LogP contribution in [0.1, 0.15) is 20.3 Å². The summed E-state index contributed by atoms with van der Waals surface area (Å²) in [5, 5.41) is 0. The Hall–Kier alpha value is 0.0649. The molecule has 0 saturated heterocycles. The van der Waals surface area contributed by atoms with Crippen LogP contribution in [0.2, 0.25) is 19.0 Å². The van der Waals surface area contributed by atoms with Crippen molar-refractivity contribution in [1.29, 1.82) is 0 Å². The first kappa shape index (κ1) is 6.19. The molecular weight excluding hydrogens is 94.9 g/mol. The van der Waals surface area contributed by atoms with E-state index in [-0.39, 0.29) is 0 Å². The molecular formula is C7H15B. The topological polar surface area (TPSA) is 0 Å². The van der Waals surface area contributed by atoms with Crippen molar-refractivity contribution in [2.45, 2.75) is 39.2 Å². The van der Waals surface area contributed by atoms with E-state index in [4.69, 9.17) is 0 Å². The van der Waals surface area contributed by atoms with Gasteiger partial charge in [0.05, 0.1) is 0 Å². The van der Waals surface area contributed by atoms with Crippen LogP contribution in [0.5, 0.6) is 0 Å². The fourth-order valence-corrected chi connectivity index (χ4v) is 1.45. The molecule has 2 unspecified atom stereocenters. The Bertz CT molecular complexity index is 78.5. The van der Waals surface area contributed by atoms with Crippen molar-refractivity contribution in [1.82, 2.24) is 0 Å². The number of hydrogen-bond donors (Lipinski definition) is 0. The van der Waals surface area contributed by atoms with Crippen molar-refractivity contribution in [3.05, 3.63) is 0 Å². The van der Waals surface area contributed by atoms with Crippen molar-refractivity contribution < 1.29 is 0 Å². The van der Waals surface area contributed by atoms with E-state index in [1.165, 1.54) is 12.7 Å². The monoisotopic (exact) mass is 110 g/mol. The van der Waals surface area contributed by atoms with Crippen LogP contribution in [0.3, 0.4) is 0 Å². The van der Waals surface area contributed by atoms with Crippen LogP contribution in [-0.2, 0) is 0 Å². The lowest BCUT2D eigenvalue weighted by molar-refractivity contribution is 0.971. The van der Waals surface area contributed by atoms with E-state index >= 15 is 0 Å². The summed E-state index contributed by atoms with van der Waals surface area (Å²) in [6.45, 7) is 8.01. The van der Waals surface area contributed by atoms with Crippen LogP contribution in [0.4, 0.5) is 0 Å². The first-order valence-electron chi connectivity index (χ1n) is 3.75. The predicted octanol–water partition coefficient (Wildman–Crippen LogP) is 2.54. The minimum Gasteiger partial charge on any atom is -0.0859 e. The highest BCUT2D eigenvalue weighted by Gasteiger charge is 2.37. The second-order valence-electron chi connectivity index (χ2n) is 3.26. The highest BCUT2D eigenvalue weighted by molar-refractivity contribution is 6.59. The van der Waals surface area contributed by atoms with Crippen LogP contribution in [-0.4, -0.2) is 6.71 Å². The fourth-order valence-electron chi connectivity index (χ4n) is 1.45. The molecule has 2 atom stereocenters. The van der Waals surface area contributed by atoms with Gasteiger partial charge in [-0.05, 0) is 5.92 Å². The Labute approximate surface area is 52.7 Å². The van der Waals surface area contributed by atoms with Gasteiger partial charge in [-0.25, -0.2) is 0 Å². The second-order valence-corrected chi connectivity index (χ2v) is 3.26. The molecule has 1 saturated carbocycles. The smallest absolute Gasteiger partial charge is 0.0859 e. The number of rotatable bonds is 2. The van der Waals surface area contributed by atoms with Crippen molar-refractivity contribution in [2.24, 2.45) is 5.92 Å². The van der Waals surface area contributed by atoms with Gasteiger partial charge >= 0.3 is 0 Å². The quantitative estimate of drug-likeness (QED) is 0.479. The summed E-state index contributed by atoms with van der Waals surface area (Å²) >= 11 is 0. The average Bonchev–Trinajstić information content (AvgIpc) is 2.45. The fraction of sp³-hybridized carbons (Fsp3) is 1.00. The molecule has 8 heavy (non-hydrogen) atoms. The largest absolute Gasteiger partial charge is 0.139 e. The molecule has 0 spiro atoms. The van der Waals surface area contributed by atoms with E-state index in [2.05, 4.69) is 20.7 Å². The molecule has 0 N–H and O–H groups in total. The normalized spacial score (nSPS) is 34.9. The van der Waals surface area contributed by atoms with Crippen LogP contribution in [0, 0.1) is 5.92 Å². The Kier molecular flexibility index (Phi) is 1.64. The molecule has 0 aromatic carbocycles. The summed E-state index contributed by atoms with van der Waals surface area (Å²) < 4.78 is 0. The van der Waals surface area contributed by atoms with Gasteiger partial charge in [0.1, 0.15) is 6.71 Å². The summed E-state index contributed by atoms with van der Waals surface area (Å²) in [7, 11) is 0. The molecule has 0 amide bonds. The Balaban J connectivity index is 2.18. The zero-order chi connectivity index (χ0) is 6.15. The van der Waals surface area contributed by atoms with Gasteiger partial charge in [0, 0.05) is 0 Å². The molecule has 1 heteroatoms. The third kappa shape index (κ3) is 1.07. The first-order chi connectivity index (χ1) is 3.75. The van der Waals surface area contributed by atoms with Gasteiger partial charge in [0.2, 0.25) is 0 Å². The van der Waals surface area contributed by atoms with Gasteiger partial charge in [-0.1, -0.05) is 39.2 Å². The van der Waals surface area contributed by atoms with Crippen molar-refractivity contribution in [3.8, 4) is 0 Å². The van der Waals surface area contributed by atoms with Gasteiger partial charge in [-0.2, -0.15) is 0 Å². The van der Waals surface area contributed by atoms with Crippen molar-refractivity contribution in [3.63, 3.8) is 0 Å². The van der Waals surface area contributed by atoms with Gasteiger partial charge in [0.15, 0.2) is 0 Å². The maximum Gasteiger partial charge on any atom is 0.139 e. The zero-order valence-corrected chi connectivity index (χ0v) is 6.15. The Morgan fingerprint density at radius 3 is 2.25 bits per heavy atom. The van der Waals surface area contributed by atoms with Crippen LogP contribution in [0.25, 0.3) is 0 Å². The van der Waals surface area contributed by atoms with Gasteiger partial charge in [0.25, 0.3) is 0 Å². The predicted molar refractivity (Wildman–Crippen MR) is 39.6 cm³/mol. The summed E-state index contributed by atoms with van der Waals surface area (Å²) in [4.78, 5) is 0. The molecule has 46 valence electrons. The van der Waals surface area contributed by atoms with E-state index in [1.54, 1.807) is 0 Å². The standard InChI is InChI=1S/C7H15B/c1-4-8(3)7-5-6(7)2/h6-7H,4-5H2,1-3H3. The highest BCUT2D eigenvalue weighted by atomic mass is 14.3. The third-order valence-corrected chi connectivity index (χ3v) is 2.55. The molecule has 1 rings (SSSR count). The number of hydrogen-bond acceptors (Lipinski definition) is 0. The van der Waals surface area contributed by atoms with Gasteiger partial charge in [-0.15, -0.1) is 0 Å². The van der Waals surface area contributed by atoms with E-state index < -0.39 is 0 Å². The summed E-state index contributed by atoms with van der Waals surface area (Å²) in [5.74, 6) is 2.13. The van der Waals surface area contributed by atoms with Gasteiger partial charge in [-0.3, -0.25) is 0 Å². The molecule has 0 bridgehead atoms. The average molecular weight is 110 g/mol. The summed E-state index contributed by atoms with van der Waals surface area (Å²) in [6.07, 6.45) is 2.87. The van der Waals surface area contributed by atoms with Crippen LogP contribution >= 0.6 is 0 Å². The van der Waals surface area contributed by atoms with Crippen LogP contribution < -0.4 is 0 Å². The molecule has 0 radical (unpaired) electrons. The van der Waals surface area contributed by atoms with E-state index in [9.17, 15) is 0 Å². The van der Waals surface area contributed by atoms with Crippen molar-refractivity contribution >= 4 is 6.71 Å². The van der Waals surface area contributed by atoms with Crippen molar-refractivity contribution in [2.75, 3.05) is 0 Å². The second kappa shape index (κ2) is 2.12. The molecule has 0 aromatic heterocycles. The lowest BCUT2D eigenvalue weighted by Gasteiger charge is -1.98. The summed E-state index contributed by atoms with van der Waals surface area (Å²) in [5.41, 5.74) is 0. The highest BCUT2D eigenvalue weighted by Crippen LogP contribution is 2.47. The zero-order valence-electron chi connectivity index (χ0n) is 6.15. The SMILES string of the molecule is CCB(C)C1CC1C. The van der Waals surface area contributed by atoms with E-state index in [1.807, 2.05) is 0 Å². The Morgan fingerprint density at radius 1 is 1.62 bits per heavy atom. The molecule has 1 fully saturated rings. The molecule has 0 aromatic rings. The summed E-state index contributed by atoms with van der Waals surface area (Å²) in [6, 6.07) is 0. The third-order valence-electron chi connectivity index (χ3n) is 2.55. The molecule has 0 heterocycles. The molecule has 0 nitrogen and oxygen atoms in total. The minimum atomic E-state index is 0.991. The lowest BCUT2D eigenvalue weighted by Crippen LogP contribution is -2.04. The Morgan fingerprint density at radius 2 is 2.12 bits per heavy atom. The van der Waals surface area contributed by atoms with Crippen LogP contribution in [0.15, 0.2) is 0 Å². The minimum absolute atomic E-state index is 0.991. The van der Waals surface area contributed by atoms with E-state index in [0.29, 0.717) is 0 Å². The molecule has 0 aliphatic heterocycles. The first-order valence-corrected chi connectivity index (χ1v) is 3.75. The molecule has 1 aliphatic rings. The maximum atomic E-state index is 2.37. The van der Waals surface area contributed by atoms with E-state index in [0.717, 1.165) is 18.4 Å². The van der Waals surface area contributed by atoms with Gasteiger partial charge < -0.3 is 0 Å². The maximum absolute atomic E-state index is 2.37.